The van der Waals surface area contributed by atoms with Crippen LogP contribution in [0, 0.1) is 6.92 Å². The fourth-order valence-electron chi connectivity index (χ4n) is 4.04. The molecule has 3 aromatic carbocycles. The number of nitrogens with one attached hydrogen (secondary N) is 4. The summed E-state index contributed by atoms with van der Waals surface area (Å²) in [7, 11) is 1.48. The predicted molar refractivity (Wildman–Crippen MR) is 153 cm³/mol. The third-order valence-electron chi connectivity index (χ3n) is 6.15. The normalized spacial score (nSPS) is 11.9. The van der Waals surface area contributed by atoms with Crippen LogP contribution in [0.25, 0.3) is 0 Å². The number of urea groups is 1. The van der Waals surface area contributed by atoms with Gasteiger partial charge < -0.3 is 21.7 Å². The standard InChI is InChI=1S/C30H36N6O3/c1-21-15-17-22(18-16-21)20-34-27(37)25(14-9-19-33-29(31)36-30(39)32-2)35-28(38)26(23-10-5-3-6-11-23)24-12-7-4-8-13-24/h3-8,10-13,15-18,25-26H,9,14,19-20H2,1-2H3,(H,34,37)(H,35,38)(H4,31,32,33,36,39). The van der Waals surface area contributed by atoms with Crippen molar-refractivity contribution in [2.24, 2.45) is 10.7 Å². The van der Waals surface area contributed by atoms with Crippen LogP contribution in [0.15, 0.2) is 89.9 Å². The average Bonchev–Trinajstić information content (AvgIpc) is 2.95. The molecule has 0 aliphatic rings. The van der Waals surface area contributed by atoms with Gasteiger partial charge in [0.1, 0.15) is 6.04 Å². The van der Waals surface area contributed by atoms with Crippen molar-refractivity contribution in [3.05, 3.63) is 107 Å². The predicted octanol–water partition coefficient (Wildman–Crippen LogP) is 2.95. The largest absolute Gasteiger partial charge is 0.370 e. The lowest BCUT2D eigenvalue weighted by Gasteiger charge is -2.23. The van der Waals surface area contributed by atoms with Gasteiger partial charge in [0.25, 0.3) is 0 Å². The molecule has 39 heavy (non-hydrogen) atoms. The summed E-state index contributed by atoms with van der Waals surface area (Å²) in [6.07, 6.45) is 0.791. The number of aliphatic imine (C=N–C) groups is 1. The van der Waals surface area contributed by atoms with E-state index in [-0.39, 0.29) is 24.3 Å². The monoisotopic (exact) mass is 528 g/mol. The number of carbonyl (C=O) groups is 3. The van der Waals surface area contributed by atoms with Gasteiger partial charge in [0, 0.05) is 20.1 Å². The summed E-state index contributed by atoms with van der Waals surface area (Å²) in [4.78, 5) is 42.5. The van der Waals surface area contributed by atoms with E-state index in [2.05, 4.69) is 26.3 Å². The van der Waals surface area contributed by atoms with Crippen LogP contribution in [0.4, 0.5) is 4.79 Å². The topological polar surface area (TPSA) is 138 Å². The second-order valence-electron chi connectivity index (χ2n) is 9.13. The fourth-order valence-corrected chi connectivity index (χ4v) is 4.04. The quantitative estimate of drug-likeness (QED) is 0.148. The zero-order valence-electron chi connectivity index (χ0n) is 22.3. The second-order valence-corrected chi connectivity index (χ2v) is 9.13. The number of amides is 4. The van der Waals surface area contributed by atoms with Crippen molar-refractivity contribution in [3.63, 3.8) is 0 Å². The summed E-state index contributed by atoms with van der Waals surface area (Å²) >= 11 is 0. The molecular weight excluding hydrogens is 492 g/mol. The van der Waals surface area contributed by atoms with Gasteiger partial charge in [-0.3, -0.25) is 19.9 Å². The molecule has 9 heteroatoms. The highest BCUT2D eigenvalue weighted by Crippen LogP contribution is 2.25. The summed E-state index contributed by atoms with van der Waals surface area (Å²) < 4.78 is 0. The van der Waals surface area contributed by atoms with E-state index in [1.165, 1.54) is 7.05 Å². The van der Waals surface area contributed by atoms with Crippen LogP contribution in [0.2, 0.25) is 0 Å². The molecule has 0 radical (unpaired) electrons. The zero-order chi connectivity index (χ0) is 28.0. The molecule has 0 aliphatic heterocycles. The Hall–Kier alpha value is -4.66. The number of aryl methyl sites for hydroxylation is 1. The number of guanidine groups is 1. The Bertz CT molecular complexity index is 1210. The molecule has 204 valence electrons. The smallest absolute Gasteiger partial charge is 0.321 e. The van der Waals surface area contributed by atoms with E-state index in [1.54, 1.807) is 0 Å². The Balaban J connectivity index is 1.74. The molecule has 0 saturated heterocycles. The molecule has 0 bridgehead atoms. The van der Waals surface area contributed by atoms with Gasteiger partial charge in [-0.25, -0.2) is 4.79 Å². The summed E-state index contributed by atoms with van der Waals surface area (Å²) in [5, 5.41) is 10.7. The Morgan fingerprint density at radius 3 is 2.00 bits per heavy atom. The number of rotatable bonds is 11. The van der Waals surface area contributed by atoms with Crippen molar-refractivity contribution in [1.29, 1.82) is 0 Å². The van der Waals surface area contributed by atoms with Crippen LogP contribution in [-0.4, -0.2) is 43.4 Å². The molecule has 0 aliphatic carbocycles. The Kier molecular flexibility index (Phi) is 11.1. The van der Waals surface area contributed by atoms with Crippen molar-refractivity contribution in [1.82, 2.24) is 21.3 Å². The molecule has 0 aromatic heterocycles. The summed E-state index contributed by atoms with van der Waals surface area (Å²) in [6.45, 7) is 2.62. The molecule has 3 aromatic rings. The van der Waals surface area contributed by atoms with Gasteiger partial charge in [-0.1, -0.05) is 90.5 Å². The highest BCUT2D eigenvalue weighted by Gasteiger charge is 2.27. The second kappa shape index (κ2) is 14.9. The molecule has 1 unspecified atom stereocenters. The van der Waals surface area contributed by atoms with Gasteiger partial charge >= 0.3 is 6.03 Å². The Labute approximate surface area is 229 Å². The van der Waals surface area contributed by atoms with Crippen LogP contribution in [0.3, 0.4) is 0 Å². The minimum Gasteiger partial charge on any atom is -0.370 e. The van der Waals surface area contributed by atoms with Gasteiger partial charge in [0.15, 0.2) is 5.96 Å². The number of nitrogens with zero attached hydrogens (tertiary/aromatic N) is 1. The molecule has 3 rings (SSSR count). The third-order valence-corrected chi connectivity index (χ3v) is 6.15. The molecule has 0 fully saturated rings. The van der Waals surface area contributed by atoms with E-state index in [1.807, 2.05) is 91.9 Å². The van der Waals surface area contributed by atoms with Crippen molar-refractivity contribution >= 4 is 23.8 Å². The Morgan fingerprint density at radius 2 is 1.44 bits per heavy atom. The summed E-state index contributed by atoms with van der Waals surface area (Å²) in [6, 6.07) is 25.6. The molecule has 0 saturated carbocycles. The molecule has 1 atom stereocenters. The minimum absolute atomic E-state index is 0.0213. The average molecular weight is 529 g/mol. The van der Waals surface area contributed by atoms with Crippen molar-refractivity contribution < 1.29 is 14.4 Å². The number of carbonyl (C=O) groups excluding carboxylic acids is 3. The number of benzene rings is 3. The minimum atomic E-state index is -0.791. The van der Waals surface area contributed by atoms with Crippen LogP contribution in [0.5, 0.6) is 0 Å². The van der Waals surface area contributed by atoms with E-state index in [0.29, 0.717) is 19.4 Å². The van der Waals surface area contributed by atoms with Gasteiger partial charge in [0.2, 0.25) is 11.8 Å². The molecule has 0 spiro atoms. The lowest BCUT2D eigenvalue weighted by Crippen LogP contribution is -2.48. The highest BCUT2D eigenvalue weighted by atomic mass is 16.2. The van der Waals surface area contributed by atoms with Crippen molar-refractivity contribution in [2.75, 3.05) is 13.6 Å². The van der Waals surface area contributed by atoms with E-state index >= 15 is 0 Å². The van der Waals surface area contributed by atoms with E-state index in [4.69, 9.17) is 5.73 Å². The van der Waals surface area contributed by atoms with Crippen molar-refractivity contribution in [3.8, 4) is 0 Å². The maximum absolute atomic E-state index is 13.7. The third kappa shape index (κ3) is 9.30. The van der Waals surface area contributed by atoms with Crippen LogP contribution in [-0.2, 0) is 16.1 Å². The van der Waals surface area contributed by atoms with E-state index in [9.17, 15) is 14.4 Å². The first-order valence-corrected chi connectivity index (χ1v) is 12.9. The highest BCUT2D eigenvalue weighted by molar-refractivity contribution is 5.95. The van der Waals surface area contributed by atoms with Gasteiger partial charge in [-0.05, 0) is 36.5 Å². The van der Waals surface area contributed by atoms with Crippen LogP contribution >= 0.6 is 0 Å². The lowest BCUT2D eigenvalue weighted by molar-refractivity contribution is -0.129. The Morgan fingerprint density at radius 1 is 0.846 bits per heavy atom. The van der Waals surface area contributed by atoms with Gasteiger partial charge in [0.05, 0.1) is 5.92 Å². The number of hydrogen-bond donors (Lipinski definition) is 5. The molecule has 4 amide bonds. The first-order valence-electron chi connectivity index (χ1n) is 12.9. The first kappa shape index (κ1) is 28.9. The number of hydrogen-bond acceptors (Lipinski definition) is 4. The van der Waals surface area contributed by atoms with Crippen LogP contribution < -0.4 is 27.0 Å². The van der Waals surface area contributed by atoms with Crippen LogP contribution in [0.1, 0.15) is 41.0 Å². The van der Waals surface area contributed by atoms with E-state index < -0.39 is 18.0 Å². The molecule has 0 heterocycles. The maximum Gasteiger partial charge on any atom is 0.321 e. The molecule has 9 nitrogen and oxygen atoms in total. The van der Waals surface area contributed by atoms with Gasteiger partial charge in [-0.2, -0.15) is 0 Å². The first-order chi connectivity index (χ1) is 18.9. The molecule has 6 N–H and O–H groups in total. The summed E-state index contributed by atoms with van der Waals surface area (Å²) in [5.74, 6) is -1.16. The SMILES string of the molecule is CNC(=O)NC(N)=NCCCC(NC(=O)C(c1ccccc1)c1ccccc1)C(=O)NCc1ccc(C)cc1. The lowest BCUT2D eigenvalue weighted by atomic mass is 9.90. The zero-order valence-corrected chi connectivity index (χ0v) is 22.3. The molecular formula is C30H36N6O3. The van der Waals surface area contributed by atoms with E-state index in [0.717, 1.165) is 22.3 Å². The van der Waals surface area contributed by atoms with Crippen molar-refractivity contribution in [2.45, 2.75) is 38.3 Å². The number of nitrogens with two attached hydrogens (primary N) is 1. The fraction of sp³-hybridized carbons (Fsp3) is 0.267. The van der Waals surface area contributed by atoms with Gasteiger partial charge in [-0.15, -0.1) is 0 Å². The maximum atomic E-state index is 13.7. The summed E-state index contributed by atoms with van der Waals surface area (Å²) in [5.41, 5.74) is 9.48.